The minimum atomic E-state index is -1.07. The minimum absolute atomic E-state index is 0.0170. The van der Waals surface area contributed by atoms with Crippen LogP contribution in [0.1, 0.15) is 35.8 Å². The monoisotopic (exact) mass is 265 g/mol. The summed E-state index contributed by atoms with van der Waals surface area (Å²) >= 11 is 6.10. The number of aromatic carboxylic acids is 1. The van der Waals surface area contributed by atoms with Crippen LogP contribution >= 0.6 is 11.6 Å². The van der Waals surface area contributed by atoms with Gasteiger partial charge < -0.3 is 5.11 Å². The second kappa shape index (κ2) is 4.78. The minimum Gasteiger partial charge on any atom is -0.478 e. The van der Waals surface area contributed by atoms with E-state index in [2.05, 4.69) is 10.1 Å². The summed E-state index contributed by atoms with van der Waals surface area (Å²) in [7, 11) is 0. The van der Waals surface area contributed by atoms with Gasteiger partial charge in [-0.1, -0.05) is 25.4 Å². The molecule has 0 atom stereocenters. The first-order valence-electron chi connectivity index (χ1n) is 5.44. The van der Waals surface area contributed by atoms with Gasteiger partial charge in [-0.05, 0) is 18.1 Å². The highest BCUT2D eigenvalue weighted by atomic mass is 35.5. The summed E-state index contributed by atoms with van der Waals surface area (Å²) in [4.78, 5) is 15.1. The molecule has 0 aliphatic rings. The smallest absolute Gasteiger partial charge is 0.340 e. The molecular weight excluding hydrogens is 254 g/mol. The average molecular weight is 266 g/mol. The number of carboxylic acid groups (broad SMARTS) is 1. The zero-order chi connectivity index (χ0) is 13.3. The van der Waals surface area contributed by atoms with Gasteiger partial charge in [0.05, 0.1) is 11.4 Å². The van der Waals surface area contributed by atoms with Crippen molar-refractivity contribution in [2.75, 3.05) is 0 Å². The second-order valence-corrected chi connectivity index (χ2v) is 4.49. The number of carbonyl (C=O) groups is 1. The largest absolute Gasteiger partial charge is 0.478 e. The fourth-order valence-corrected chi connectivity index (χ4v) is 1.98. The molecule has 2 aromatic heterocycles. The Labute approximate surface area is 109 Å². The number of carboxylic acids is 1. The van der Waals surface area contributed by atoms with E-state index in [1.54, 1.807) is 24.5 Å². The van der Waals surface area contributed by atoms with Crippen molar-refractivity contribution in [3.05, 3.63) is 40.9 Å². The first-order chi connectivity index (χ1) is 8.52. The van der Waals surface area contributed by atoms with Crippen LogP contribution < -0.4 is 0 Å². The lowest BCUT2D eigenvalue weighted by Gasteiger charge is -2.01. The van der Waals surface area contributed by atoms with E-state index in [-0.39, 0.29) is 16.6 Å². The highest BCUT2D eigenvalue weighted by molar-refractivity contribution is 6.33. The lowest BCUT2D eigenvalue weighted by atomic mass is 10.1. The van der Waals surface area contributed by atoms with Crippen molar-refractivity contribution in [2.24, 2.45) is 0 Å². The highest BCUT2D eigenvalue weighted by Gasteiger charge is 2.24. The van der Waals surface area contributed by atoms with E-state index < -0.39 is 5.97 Å². The molecule has 0 unspecified atom stereocenters. The third kappa shape index (κ3) is 2.09. The number of hydrogen-bond acceptors (Lipinski definition) is 3. The maximum absolute atomic E-state index is 11.2. The summed E-state index contributed by atoms with van der Waals surface area (Å²) < 4.78 is 1.42. The molecule has 94 valence electrons. The Morgan fingerprint density at radius 3 is 2.44 bits per heavy atom. The predicted octanol–water partition coefficient (Wildman–Crippen LogP) is 2.74. The average Bonchev–Trinajstić information content (AvgIpc) is 2.68. The van der Waals surface area contributed by atoms with E-state index in [9.17, 15) is 9.90 Å². The molecular formula is C12H12ClN3O2. The number of nitrogens with zero attached hydrogens (tertiary/aromatic N) is 3. The molecule has 0 saturated heterocycles. The van der Waals surface area contributed by atoms with Crippen molar-refractivity contribution >= 4 is 17.6 Å². The molecule has 5 nitrogen and oxygen atoms in total. The lowest BCUT2D eigenvalue weighted by molar-refractivity contribution is 0.0695. The number of hydrogen-bond donors (Lipinski definition) is 1. The third-order valence-electron chi connectivity index (χ3n) is 2.52. The first kappa shape index (κ1) is 12.6. The molecule has 0 aromatic carbocycles. The van der Waals surface area contributed by atoms with E-state index in [4.69, 9.17) is 11.6 Å². The number of rotatable bonds is 3. The Morgan fingerprint density at radius 2 is 2.00 bits per heavy atom. The molecule has 0 saturated carbocycles. The summed E-state index contributed by atoms with van der Waals surface area (Å²) in [5, 5.41) is 13.6. The summed E-state index contributed by atoms with van der Waals surface area (Å²) in [6.07, 6.45) is 3.20. The molecule has 0 bridgehead atoms. The lowest BCUT2D eigenvalue weighted by Crippen LogP contribution is -2.01. The van der Waals surface area contributed by atoms with Crippen LogP contribution in [0, 0.1) is 0 Å². The fourth-order valence-electron chi connectivity index (χ4n) is 1.67. The van der Waals surface area contributed by atoms with Gasteiger partial charge in [0, 0.05) is 12.4 Å². The molecule has 6 heteroatoms. The van der Waals surface area contributed by atoms with Gasteiger partial charge in [0.1, 0.15) is 10.7 Å². The predicted molar refractivity (Wildman–Crippen MR) is 67.4 cm³/mol. The summed E-state index contributed by atoms with van der Waals surface area (Å²) in [6.45, 7) is 3.75. The third-order valence-corrected chi connectivity index (χ3v) is 2.87. The molecule has 0 spiro atoms. The molecule has 0 fully saturated rings. The van der Waals surface area contributed by atoms with Crippen LogP contribution in [-0.2, 0) is 0 Å². The quantitative estimate of drug-likeness (QED) is 0.926. The Kier molecular flexibility index (Phi) is 3.34. The molecule has 0 radical (unpaired) electrons. The van der Waals surface area contributed by atoms with Gasteiger partial charge in [0.2, 0.25) is 0 Å². The Balaban J connectivity index is 2.64. The summed E-state index contributed by atoms with van der Waals surface area (Å²) in [6, 6.07) is 3.43. The standard InChI is InChI=1S/C12H12ClN3O2/c1-7(2)10-9(12(17)18)11(13)16(15-10)8-3-5-14-6-4-8/h3-7H,1-2H3,(H,17,18). The zero-order valence-electron chi connectivity index (χ0n) is 9.96. The van der Waals surface area contributed by atoms with Crippen molar-refractivity contribution in [3.63, 3.8) is 0 Å². The van der Waals surface area contributed by atoms with Crippen molar-refractivity contribution in [1.29, 1.82) is 0 Å². The van der Waals surface area contributed by atoms with Crippen LogP contribution in [0.2, 0.25) is 5.15 Å². The van der Waals surface area contributed by atoms with Gasteiger partial charge in [0.25, 0.3) is 0 Å². The maximum Gasteiger partial charge on any atom is 0.340 e. The number of pyridine rings is 1. The molecule has 1 N–H and O–H groups in total. The SMILES string of the molecule is CC(C)c1nn(-c2ccncc2)c(Cl)c1C(=O)O. The summed E-state index contributed by atoms with van der Waals surface area (Å²) in [5.41, 5.74) is 1.22. The molecule has 2 aromatic rings. The first-order valence-corrected chi connectivity index (χ1v) is 5.82. The maximum atomic E-state index is 11.2. The number of halogens is 1. The molecule has 18 heavy (non-hydrogen) atoms. The van der Waals surface area contributed by atoms with Crippen LogP contribution in [-0.4, -0.2) is 25.8 Å². The molecule has 0 aliphatic carbocycles. The zero-order valence-corrected chi connectivity index (χ0v) is 10.7. The fraction of sp³-hybridized carbons (Fsp3) is 0.250. The highest BCUT2D eigenvalue weighted by Crippen LogP contribution is 2.28. The van der Waals surface area contributed by atoms with Crippen molar-refractivity contribution < 1.29 is 9.90 Å². The molecule has 2 heterocycles. The van der Waals surface area contributed by atoms with E-state index in [0.717, 1.165) is 0 Å². The summed E-state index contributed by atoms with van der Waals surface area (Å²) in [5.74, 6) is -1.08. The molecule has 2 rings (SSSR count). The molecule has 0 amide bonds. The van der Waals surface area contributed by atoms with E-state index in [0.29, 0.717) is 11.4 Å². The van der Waals surface area contributed by atoms with Crippen LogP contribution in [0.3, 0.4) is 0 Å². The van der Waals surface area contributed by atoms with Crippen LogP contribution in [0.4, 0.5) is 0 Å². The van der Waals surface area contributed by atoms with Crippen LogP contribution in [0.15, 0.2) is 24.5 Å². The van der Waals surface area contributed by atoms with E-state index >= 15 is 0 Å². The van der Waals surface area contributed by atoms with Gasteiger partial charge in [0.15, 0.2) is 0 Å². The van der Waals surface area contributed by atoms with Gasteiger partial charge in [-0.2, -0.15) is 5.10 Å². The normalized spacial score (nSPS) is 10.9. The van der Waals surface area contributed by atoms with Gasteiger partial charge in [-0.25, -0.2) is 9.48 Å². The Bertz CT molecular complexity index is 579. The second-order valence-electron chi connectivity index (χ2n) is 4.13. The van der Waals surface area contributed by atoms with Gasteiger partial charge in [-0.15, -0.1) is 0 Å². The van der Waals surface area contributed by atoms with E-state index in [1.807, 2.05) is 13.8 Å². The Hall–Kier alpha value is -1.88. The molecule has 0 aliphatic heterocycles. The number of aromatic nitrogens is 3. The van der Waals surface area contributed by atoms with Gasteiger partial charge >= 0.3 is 5.97 Å². The van der Waals surface area contributed by atoms with Crippen LogP contribution in [0.5, 0.6) is 0 Å². The van der Waals surface area contributed by atoms with Crippen LogP contribution in [0.25, 0.3) is 5.69 Å². The van der Waals surface area contributed by atoms with Crippen molar-refractivity contribution in [1.82, 2.24) is 14.8 Å². The van der Waals surface area contributed by atoms with Crippen molar-refractivity contribution in [3.8, 4) is 5.69 Å². The Morgan fingerprint density at radius 1 is 1.39 bits per heavy atom. The van der Waals surface area contributed by atoms with Crippen molar-refractivity contribution in [2.45, 2.75) is 19.8 Å². The van der Waals surface area contributed by atoms with E-state index in [1.165, 1.54) is 4.68 Å². The van der Waals surface area contributed by atoms with Gasteiger partial charge in [-0.3, -0.25) is 4.98 Å². The topological polar surface area (TPSA) is 68.0 Å².